The predicted molar refractivity (Wildman–Crippen MR) is 115 cm³/mol. The summed E-state index contributed by atoms with van der Waals surface area (Å²) in [5.41, 5.74) is 0. The number of ether oxygens (including phenoxy) is 8. The number of hydrogen-bond donors (Lipinski definition) is 2. The summed E-state index contributed by atoms with van der Waals surface area (Å²) in [6.07, 6.45) is -2.81. The van der Waals surface area contributed by atoms with Crippen molar-refractivity contribution in [1.82, 2.24) is 0 Å². The van der Waals surface area contributed by atoms with Crippen LogP contribution in [-0.4, -0.2) is 113 Å². The largest absolute Gasteiger partial charge is 0.508 e. The Kier molecular flexibility index (Phi) is 20.2. The van der Waals surface area contributed by atoms with Crippen molar-refractivity contribution in [3.05, 3.63) is 0 Å². The molecule has 0 aliphatic carbocycles. The molecular formula is C21H36O14. The minimum Gasteiger partial charge on any atom is -0.463 e. The van der Waals surface area contributed by atoms with Gasteiger partial charge in [-0.1, -0.05) is 0 Å². The molecule has 2 atom stereocenters. The molecule has 0 bridgehead atoms. The van der Waals surface area contributed by atoms with Gasteiger partial charge < -0.3 is 48.1 Å². The molecule has 0 aromatic carbocycles. The molecule has 35 heavy (non-hydrogen) atoms. The zero-order valence-corrected chi connectivity index (χ0v) is 20.1. The van der Waals surface area contributed by atoms with E-state index in [1.807, 2.05) is 0 Å². The zero-order valence-electron chi connectivity index (χ0n) is 20.1. The monoisotopic (exact) mass is 512 g/mol. The zero-order chi connectivity index (χ0) is 26.3. The lowest BCUT2D eigenvalue weighted by Gasteiger charge is -2.10. The summed E-state index contributed by atoms with van der Waals surface area (Å²) in [6, 6.07) is 0. The quantitative estimate of drug-likeness (QED) is 0.129. The smallest absolute Gasteiger partial charge is 0.463 e. The van der Waals surface area contributed by atoms with Crippen LogP contribution >= 0.6 is 0 Å². The van der Waals surface area contributed by atoms with Crippen molar-refractivity contribution in [3.8, 4) is 0 Å². The number of carbonyl (C=O) groups excluding carboxylic acids is 4. The first-order valence-corrected chi connectivity index (χ1v) is 11.1. The second kappa shape index (κ2) is 21.8. The van der Waals surface area contributed by atoms with Crippen molar-refractivity contribution >= 4 is 24.2 Å². The lowest BCUT2D eigenvalue weighted by Crippen LogP contribution is -2.21. The third-order valence-corrected chi connectivity index (χ3v) is 3.75. The van der Waals surface area contributed by atoms with Crippen molar-refractivity contribution in [1.29, 1.82) is 0 Å². The molecule has 0 saturated heterocycles. The molecule has 0 amide bonds. The molecule has 2 N–H and O–H groups in total. The first-order valence-electron chi connectivity index (χ1n) is 11.1. The van der Waals surface area contributed by atoms with Gasteiger partial charge in [0.25, 0.3) is 0 Å². The van der Waals surface area contributed by atoms with Gasteiger partial charge in [0.05, 0.1) is 39.6 Å². The third-order valence-electron chi connectivity index (χ3n) is 3.75. The summed E-state index contributed by atoms with van der Waals surface area (Å²) in [6.45, 7) is 2.70. The Balaban J connectivity index is 3.49. The number of carbonyl (C=O) groups is 4. The molecule has 0 fully saturated rings. The summed E-state index contributed by atoms with van der Waals surface area (Å²) in [7, 11) is 0. The van der Waals surface area contributed by atoms with Crippen LogP contribution < -0.4 is 0 Å². The Morgan fingerprint density at radius 1 is 0.571 bits per heavy atom. The Hall–Kier alpha value is -2.68. The van der Waals surface area contributed by atoms with E-state index < -0.39 is 36.5 Å². The molecule has 2 unspecified atom stereocenters. The van der Waals surface area contributed by atoms with E-state index in [-0.39, 0.29) is 85.3 Å². The molecule has 204 valence electrons. The molecule has 0 radical (unpaired) electrons. The van der Waals surface area contributed by atoms with E-state index in [1.54, 1.807) is 0 Å². The predicted octanol–water partition coefficient (Wildman–Crippen LogP) is 0.344. The summed E-state index contributed by atoms with van der Waals surface area (Å²) in [4.78, 5) is 45.5. The van der Waals surface area contributed by atoms with Crippen LogP contribution in [0.3, 0.4) is 0 Å². The number of aliphatic hydroxyl groups excluding tert-OH is 2. The van der Waals surface area contributed by atoms with E-state index in [0.717, 1.165) is 0 Å². The van der Waals surface area contributed by atoms with Gasteiger partial charge in [-0.25, -0.2) is 9.59 Å². The Bertz CT molecular complexity index is 547. The maximum absolute atomic E-state index is 11.6. The van der Waals surface area contributed by atoms with Crippen molar-refractivity contribution in [2.24, 2.45) is 0 Å². The molecule has 0 aliphatic heterocycles. The van der Waals surface area contributed by atoms with E-state index in [9.17, 15) is 19.2 Å². The van der Waals surface area contributed by atoms with Crippen LogP contribution in [0.4, 0.5) is 9.59 Å². The molecule has 0 saturated carbocycles. The van der Waals surface area contributed by atoms with E-state index in [2.05, 4.69) is 9.47 Å². The van der Waals surface area contributed by atoms with Crippen LogP contribution in [-0.2, 0) is 47.5 Å². The number of rotatable bonds is 20. The molecular weight excluding hydrogens is 476 g/mol. The van der Waals surface area contributed by atoms with Gasteiger partial charge in [0.2, 0.25) is 0 Å². The molecule has 14 nitrogen and oxygen atoms in total. The highest BCUT2D eigenvalue weighted by Crippen LogP contribution is 2.00. The fourth-order valence-corrected chi connectivity index (χ4v) is 1.99. The highest BCUT2D eigenvalue weighted by Gasteiger charge is 2.11. The Morgan fingerprint density at radius 3 is 1.26 bits per heavy atom. The van der Waals surface area contributed by atoms with Crippen molar-refractivity contribution < 1.29 is 67.3 Å². The Morgan fingerprint density at radius 2 is 0.914 bits per heavy atom. The van der Waals surface area contributed by atoms with Crippen molar-refractivity contribution in [2.75, 3.05) is 66.1 Å². The van der Waals surface area contributed by atoms with Crippen LogP contribution in [0.5, 0.6) is 0 Å². The van der Waals surface area contributed by atoms with Crippen LogP contribution in [0.1, 0.15) is 33.1 Å². The molecule has 14 heteroatoms. The number of hydrogen-bond acceptors (Lipinski definition) is 14. The molecule has 0 spiro atoms. The summed E-state index contributed by atoms with van der Waals surface area (Å²) in [5, 5.41) is 17.5. The van der Waals surface area contributed by atoms with E-state index in [4.69, 9.17) is 38.6 Å². The highest BCUT2D eigenvalue weighted by atomic mass is 16.7. The van der Waals surface area contributed by atoms with Crippen LogP contribution in [0.15, 0.2) is 0 Å². The maximum Gasteiger partial charge on any atom is 0.508 e. The SMILES string of the molecule is CC(CO)OC(=O)OCCOCCOC(=O)CCCC(=O)OCCOCCOC(=O)OC(C)CO. The summed E-state index contributed by atoms with van der Waals surface area (Å²) >= 11 is 0. The van der Waals surface area contributed by atoms with Crippen LogP contribution in [0.25, 0.3) is 0 Å². The van der Waals surface area contributed by atoms with Crippen LogP contribution in [0, 0.1) is 0 Å². The van der Waals surface area contributed by atoms with E-state index in [0.29, 0.717) is 0 Å². The molecule has 0 rings (SSSR count). The normalized spacial score (nSPS) is 12.2. The highest BCUT2D eigenvalue weighted by molar-refractivity contribution is 5.72. The van der Waals surface area contributed by atoms with Gasteiger partial charge in [-0.2, -0.15) is 0 Å². The van der Waals surface area contributed by atoms with Crippen molar-refractivity contribution in [2.45, 2.75) is 45.3 Å². The van der Waals surface area contributed by atoms with Gasteiger partial charge >= 0.3 is 24.2 Å². The minimum absolute atomic E-state index is 0.00844. The second-order valence-corrected chi connectivity index (χ2v) is 6.94. The fourth-order valence-electron chi connectivity index (χ4n) is 1.99. The topological polar surface area (TPSA) is 183 Å². The summed E-state index contributed by atoms with van der Waals surface area (Å²) < 4.78 is 38.9. The molecule has 0 heterocycles. The van der Waals surface area contributed by atoms with Gasteiger partial charge in [-0.15, -0.1) is 0 Å². The van der Waals surface area contributed by atoms with Gasteiger partial charge in [-0.05, 0) is 20.3 Å². The van der Waals surface area contributed by atoms with Gasteiger partial charge in [0.1, 0.15) is 38.6 Å². The van der Waals surface area contributed by atoms with E-state index in [1.165, 1.54) is 13.8 Å². The average molecular weight is 513 g/mol. The maximum atomic E-state index is 11.6. The first kappa shape index (κ1) is 32.3. The average Bonchev–Trinajstić information content (AvgIpc) is 2.82. The fraction of sp³-hybridized carbons (Fsp3) is 0.810. The first-order chi connectivity index (χ1) is 16.8. The van der Waals surface area contributed by atoms with Crippen molar-refractivity contribution in [3.63, 3.8) is 0 Å². The lowest BCUT2D eigenvalue weighted by atomic mass is 10.2. The van der Waals surface area contributed by atoms with Crippen LogP contribution in [0.2, 0.25) is 0 Å². The standard InChI is InChI=1S/C21H36O14/c1-16(14-22)34-20(26)32-12-8-28-6-10-30-18(24)4-3-5-19(25)31-11-7-29-9-13-33-21(27)35-17(2)15-23/h16-17,22-23H,3-15H2,1-2H3. The number of aliphatic hydroxyl groups is 2. The molecule has 0 aromatic heterocycles. The number of esters is 2. The second-order valence-electron chi connectivity index (χ2n) is 6.94. The Labute approximate surface area is 203 Å². The molecule has 0 aliphatic rings. The minimum atomic E-state index is -0.911. The molecule has 0 aromatic rings. The van der Waals surface area contributed by atoms with Gasteiger partial charge in [0.15, 0.2) is 0 Å². The van der Waals surface area contributed by atoms with Gasteiger partial charge in [-0.3, -0.25) is 9.59 Å². The van der Waals surface area contributed by atoms with Gasteiger partial charge in [0, 0.05) is 12.8 Å². The summed E-state index contributed by atoms with van der Waals surface area (Å²) in [5.74, 6) is -0.982. The third kappa shape index (κ3) is 21.6. The van der Waals surface area contributed by atoms with E-state index >= 15 is 0 Å². The lowest BCUT2D eigenvalue weighted by molar-refractivity contribution is -0.147.